The fourth-order valence-corrected chi connectivity index (χ4v) is 6.47. The summed E-state index contributed by atoms with van der Waals surface area (Å²) in [4.78, 5) is 51.7. The zero-order valence-corrected chi connectivity index (χ0v) is 45.0. The molecular formula is C46H35Cl11N4O11. The van der Waals surface area contributed by atoms with Gasteiger partial charge in [-0.25, -0.2) is 14.4 Å². The second kappa shape index (κ2) is 32.9. The number of aldehydes is 1. The van der Waals surface area contributed by atoms with E-state index in [1.807, 2.05) is 0 Å². The smallest absolute Gasteiger partial charge is 0.350 e. The molecule has 0 aliphatic carbocycles. The lowest BCUT2D eigenvalue weighted by Gasteiger charge is -2.04. The number of hydrogen-bond acceptors (Lipinski definition) is 14. The maximum Gasteiger partial charge on any atom is 0.350 e. The van der Waals surface area contributed by atoms with E-state index in [1.54, 1.807) is 78.9 Å². The number of benzene rings is 5. The number of rotatable bonds is 8. The minimum Gasteiger partial charge on any atom is -0.478 e. The Kier molecular flexibility index (Phi) is 28.9. The number of oxime groups is 4. The van der Waals surface area contributed by atoms with Crippen LogP contribution in [0.25, 0.3) is 0 Å². The molecule has 0 saturated carbocycles. The van der Waals surface area contributed by atoms with Crippen molar-refractivity contribution in [1.29, 1.82) is 0 Å². The highest BCUT2D eigenvalue weighted by Crippen LogP contribution is 2.28. The largest absolute Gasteiger partial charge is 0.478 e. The number of ether oxygens (including phenoxy) is 2. The van der Waals surface area contributed by atoms with Crippen molar-refractivity contribution in [3.63, 3.8) is 0 Å². The van der Waals surface area contributed by atoms with Gasteiger partial charge >= 0.3 is 17.9 Å². The molecule has 2 heterocycles. The van der Waals surface area contributed by atoms with Crippen molar-refractivity contribution in [2.24, 2.45) is 20.6 Å². The molecule has 5 aromatic carbocycles. The normalized spacial score (nSPS) is 14.1. The number of carbonyl (C=O) groups excluding carboxylic acids is 3. The Hall–Kier alpha value is -5.01. The van der Waals surface area contributed by atoms with Gasteiger partial charge in [0.15, 0.2) is 5.17 Å². The first-order valence-electron chi connectivity index (χ1n) is 19.4. The molecular weight excluding hydrogens is 1170 g/mol. The third kappa shape index (κ3) is 21.6. The van der Waals surface area contributed by atoms with Gasteiger partial charge in [0.1, 0.15) is 6.29 Å². The Morgan fingerprint density at radius 2 is 1.03 bits per heavy atom. The Balaban J connectivity index is 0.000000304. The molecule has 2 unspecified atom stereocenters. The Bertz CT molecular complexity index is 2830. The number of aliphatic carboxylic acids is 1. The molecule has 0 aromatic heterocycles. The molecule has 0 fully saturated rings. The van der Waals surface area contributed by atoms with Gasteiger partial charge in [0.2, 0.25) is 12.2 Å². The number of hydrogen-bond donors (Lipinski definition) is 3. The van der Waals surface area contributed by atoms with Crippen LogP contribution < -0.4 is 0 Å². The highest BCUT2D eigenvalue weighted by atomic mass is 35.5. The van der Waals surface area contributed by atoms with Crippen molar-refractivity contribution in [3.8, 4) is 0 Å². The lowest BCUT2D eigenvalue weighted by atomic mass is 10.1. The van der Waals surface area contributed by atoms with E-state index in [9.17, 15) is 19.2 Å². The van der Waals surface area contributed by atoms with E-state index in [-0.39, 0.29) is 11.6 Å². The number of carbonyl (C=O) groups is 4. The van der Waals surface area contributed by atoms with E-state index in [2.05, 4.69) is 36.7 Å². The summed E-state index contributed by atoms with van der Waals surface area (Å²) in [6, 6.07) is 24.5. The fourth-order valence-electron chi connectivity index (χ4n) is 4.85. The number of methoxy groups -OCH3 is 2. The zero-order valence-electron chi connectivity index (χ0n) is 36.7. The summed E-state index contributed by atoms with van der Waals surface area (Å²) in [6.45, 7) is 3.16. The van der Waals surface area contributed by atoms with E-state index >= 15 is 0 Å². The highest BCUT2D eigenvalue weighted by molar-refractivity contribution is 6.69. The molecule has 0 radical (unpaired) electrons. The lowest BCUT2D eigenvalue weighted by molar-refractivity contribution is -0.152. The fraction of sp³-hybridized carbons (Fsp3) is 0.130. The minimum absolute atomic E-state index is 0.0198. The molecule has 2 atom stereocenters. The first-order valence-corrected chi connectivity index (χ1v) is 23.5. The van der Waals surface area contributed by atoms with Crippen molar-refractivity contribution in [3.05, 3.63) is 182 Å². The van der Waals surface area contributed by atoms with Crippen LogP contribution in [0.15, 0.2) is 124 Å². The average Bonchev–Trinajstić information content (AvgIpc) is 4.09. The standard InChI is InChI=1S/C11H9Cl2NO3.C10H7Cl2NO3.C7H4Cl3NO.C7H5Cl2NO.C7H4Cl2O.C4H6O2/c1-16-11(15)10-5-9(14-17-10)6-2-3-7(12)8(13)4-6;11-6-2-1-5(3-7(6)12)8-4-9(10(14)15)16-13-8;8-5-2-1-4(3-6(5)9)7(10)11-12;8-6-2-1-5(4-10-11)3-7(6)9;8-6-2-1-5(4-10)3-7(6)9;1-3-4(5)6-2/h2-4,10H,5H2,1H3;1-3,9H,4H2,(H,14,15);1-3,12H;1-4,11H;1-4H;3H,1H2,2H3/b;;11-7-;10-4+;;. The molecule has 0 bridgehead atoms. The van der Waals surface area contributed by atoms with E-state index < -0.39 is 30.1 Å². The van der Waals surface area contributed by atoms with Gasteiger partial charge in [-0.3, -0.25) is 4.79 Å². The third-order valence-corrected chi connectivity index (χ3v) is 12.4. The first kappa shape index (κ1) is 63.1. The van der Waals surface area contributed by atoms with Crippen LogP contribution in [0.3, 0.4) is 0 Å². The topological polar surface area (TPSA) is 215 Å². The van der Waals surface area contributed by atoms with Gasteiger partial charge in [0, 0.05) is 41.2 Å². The number of carboxylic acids is 1. The molecule has 0 spiro atoms. The number of carboxylic acid groups (broad SMARTS) is 1. The van der Waals surface area contributed by atoms with Crippen molar-refractivity contribution < 1.29 is 53.8 Å². The van der Waals surface area contributed by atoms with Crippen molar-refractivity contribution in [2.75, 3.05) is 14.2 Å². The summed E-state index contributed by atoms with van der Waals surface area (Å²) >= 11 is 62.7. The summed E-state index contributed by atoms with van der Waals surface area (Å²) < 4.78 is 8.72. The first-order chi connectivity index (χ1) is 34.1. The Morgan fingerprint density at radius 1 is 0.611 bits per heavy atom. The van der Waals surface area contributed by atoms with Gasteiger partial charge in [-0.15, -0.1) is 0 Å². The van der Waals surface area contributed by atoms with Crippen LogP contribution in [0, 0.1) is 0 Å². The second-order valence-electron chi connectivity index (χ2n) is 13.2. The van der Waals surface area contributed by atoms with Crippen LogP contribution >= 0.6 is 128 Å². The molecule has 0 saturated heterocycles. The zero-order chi connectivity index (χ0) is 54.1. The van der Waals surface area contributed by atoms with Crippen LogP contribution in [0.4, 0.5) is 0 Å². The molecule has 2 aliphatic rings. The van der Waals surface area contributed by atoms with E-state index in [4.69, 9.17) is 153 Å². The third-order valence-electron chi connectivity index (χ3n) is 8.43. The summed E-state index contributed by atoms with van der Waals surface area (Å²) in [6.07, 6.45) is 2.12. The van der Waals surface area contributed by atoms with Crippen LogP contribution in [0.2, 0.25) is 50.2 Å². The van der Waals surface area contributed by atoms with Crippen LogP contribution in [0.5, 0.6) is 0 Å². The van der Waals surface area contributed by atoms with Gasteiger partial charge in [0.05, 0.1) is 82.1 Å². The monoisotopic (exact) mass is 1200 g/mol. The van der Waals surface area contributed by atoms with E-state index in [0.717, 1.165) is 23.5 Å². The maximum absolute atomic E-state index is 11.2. The summed E-state index contributed by atoms with van der Waals surface area (Å²) in [5.41, 5.74) is 4.48. The molecule has 15 nitrogen and oxygen atoms in total. The van der Waals surface area contributed by atoms with Crippen molar-refractivity contribution >= 4 is 175 Å². The van der Waals surface area contributed by atoms with Crippen molar-refractivity contribution in [1.82, 2.24) is 0 Å². The molecule has 26 heteroatoms. The van der Waals surface area contributed by atoms with Crippen LogP contribution in [-0.4, -0.2) is 89.0 Å². The molecule has 0 amide bonds. The molecule has 7 rings (SSSR count). The van der Waals surface area contributed by atoms with Gasteiger partial charge in [-0.05, 0) is 66.2 Å². The van der Waals surface area contributed by atoms with Crippen LogP contribution in [-0.2, 0) is 33.5 Å². The Morgan fingerprint density at radius 3 is 1.39 bits per heavy atom. The van der Waals surface area contributed by atoms with Gasteiger partial charge < -0.3 is 34.7 Å². The minimum atomic E-state index is -1.03. The van der Waals surface area contributed by atoms with E-state index in [0.29, 0.717) is 84.8 Å². The average molecular weight is 1210 g/mol. The molecule has 382 valence electrons. The summed E-state index contributed by atoms with van der Waals surface area (Å²) in [5.74, 6) is -1.86. The molecule has 72 heavy (non-hydrogen) atoms. The van der Waals surface area contributed by atoms with Crippen molar-refractivity contribution in [2.45, 2.75) is 25.0 Å². The SMILES string of the molecule is C=CC(=O)OC.COC(=O)C1CC(c2ccc(Cl)c(Cl)c2)=NO1.O/N=C(\Cl)c1ccc(Cl)c(Cl)c1.O/N=C/c1ccc(Cl)c(Cl)c1.O=C(O)C1CC(c2ccc(Cl)c(Cl)c2)=NO1.O=Cc1ccc(Cl)c(Cl)c1. The predicted octanol–water partition coefficient (Wildman–Crippen LogP) is 14.6. The Labute approximate surface area is 466 Å². The van der Waals surface area contributed by atoms with Gasteiger partial charge in [-0.1, -0.05) is 185 Å². The van der Waals surface area contributed by atoms with Crippen LogP contribution in [0.1, 0.15) is 45.5 Å². The van der Waals surface area contributed by atoms with Gasteiger partial charge in [-0.2, -0.15) is 0 Å². The number of esters is 2. The highest BCUT2D eigenvalue weighted by Gasteiger charge is 2.30. The molecule has 3 N–H and O–H groups in total. The lowest BCUT2D eigenvalue weighted by Crippen LogP contribution is -2.22. The molecule has 5 aromatic rings. The predicted molar refractivity (Wildman–Crippen MR) is 285 cm³/mol. The van der Waals surface area contributed by atoms with Gasteiger partial charge in [0.25, 0.3) is 0 Å². The maximum atomic E-state index is 11.2. The quantitative estimate of drug-likeness (QED) is 0.0332. The molecule has 2 aliphatic heterocycles. The summed E-state index contributed by atoms with van der Waals surface area (Å²) in [7, 11) is 2.62. The number of nitrogens with zero attached hydrogens (tertiary/aromatic N) is 4. The second-order valence-corrected chi connectivity index (χ2v) is 17.7. The number of halogens is 11. The van der Waals surface area contributed by atoms with E-state index in [1.165, 1.54) is 32.6 Å². The summed E-state index contributed by atoms with van der Waals surface area (Å²) in [5, 5.41) is 42.8.